The third-order valence-electron chi connectivity index (χ3n) is 3.35. The van der Waals surface area contributed by atoms with Crippen LogP contribution in [-0.4, -0.2) is 8.07 Å². The Hall–Kier alpha value is -0.533. The Morgan fingerprint density at radius 2 is 1.72 bits per heavy atom. The summed E-state index contributed by atoms with van der Waals surface area (Å²) in [5, 5.41) is 2.28. The molecule has 18 heavy (non-hydrogen) atoms. The van der Waals surface area contributed by atoms with Crippen LogP contribution in [0.5, 0.6) is 0 Å². The minimum Gasteiger partial charge on any atom is -0.0943 e. The summed E-state index contributed by atoms with van der Waals surface area (Å²) in [7, 11) is -1.41. The number of benzene rings is 1. The molecule has 0 fully saturated rings. The second kappa shape index (κ2) is 7.80. The van der Waals surface area contributed by atoms with Gasteiger partial charge in [0.05, 0.1) is 0 Å². The minimum absolute atomic E-state index is 0.826. The van der Waals surface area contributed by atoms with Crippen molar-refractivity contribution in [3.63, 3.8) is 0 Å². The van der Waals surface area contributed by atoms with Gasteiger partial charge in [-0.25, -0.2) is 0 Å². The SMILES string of the molecule is CCCCCC/C=C/[Si](C)(C)c1ccc(Cl)cc1. The average Bonchev–Trinajstić information content (AvgIpc) is 2.34. The van der Waals surface area contributed by atoms with Gasteiger partial charge < -0.3 is 0 Å². The van der Waals surface area contributed by atoms with Crippen LogP contribution in [-0.2, 0) is 0 Å². The molecule has 0 aromatic heterocycles. The fourth-order valence-corrected chi connectivity index (χ4v) is 4.14. The molecule has 0 saturated carbocycles. The standard InChI is InChI=1S/C16H25ClSi/c1-4-5-6-7-8-9-14-18(2,3)16-12-10-15(17)11-13-16/h9-14H,4-8H2,1-3H3/b14-9+. The number of hydrogen-bond donors (Lipinski definition) is 0. The molecule has 0 aliphatic rings. The number of allylic oxidation sites excluding steroid dienone is 1. The Bertz CT molecular complexity index is 365. The van der Waals surface area contributed by atoms with E-state index in [2.05, 4.69) is 43.9 Å². The van der Waals surface area contributed by atoms with Crippen LogP contribution in [0.4, 0.5) is 0 Å². The molecule has 1 rings (SSSR count). The largest absolute Gasteiger partial charge is 0.103 e. The molecule has 0 aliphatic carbocycles. The quantitative estimate of drug-likeness (QED) is 0.468. The van der Waals surface area contributed by atoms with Crippen molar-refractivity contribution in [1.82, 2.24) is 0 Å². The van der Waals surface area contributed by atoms with Crippen LogP contribution in [0.1, 0.15) is 39.0 Å². The lowest BCUT2D eigenvalue weighted by molar-refractivity contribution is 0.674. The highest BCUT2D eigenvalue weighted by Crippen LogP contribution is 2.11. The van der Waals surface area contributed by atoms with Gasteiger partial charge in [-0.3, -0.25) is 0 Å². The van der Waals surface area contributed by atoms with Crippen LogP contribution in [0, 0.1) is 0 Å². The second-order valence-electron chi connectivity index (χ2n) is 5.48. The normalized spacial score (nSPS) is 12.2. The third kappa shape index (κ3) is 5.41. The lowest BCUT2D eigenvalue weighted by Gasteiger charge is -2.18. The molecule has 2 heteroatoms. The molecule has 0 aliphatic heterocycles. The van der Waals surface area contributed by atoms with E-state index < -0.39 is 8.07 Å². The zero-order valence-electron chi connectivity index (χ0n) is 11.9. The predicted molar refractivity (Wildman–Crippen MR) is 86.5 cm³/mol. The van der Waals surface area contributed by atoms with Crippen molar-refractivity contribution in [1.29, 1.82) is 0 Å². The molecule has 0 bridgehead atoms. The van der Waals surface area contributed by atoms with E-state index in [-0.39, 0.29) is 0 Å². The number of halogens is 1. The number of rotatable bonds is 7. The summed E-state index contributed by atoms with van der Waals surface area (Å²) in [4.78, 5) is 0. The van der Waals surface area contributed by atoms with Gasteiger partial charge >= 0.3 is 0 Å². The van der Waals surface area contributed by atoms with E-state index in [1.165, 1.54) is 37.3 Å². The van der Waals surface area contributed by atoms with Crippen LogP contribution in [0.2, 0.25) is 18.1 Å². The highest BCUT2D eigenvalue weighted by Gasteiger charge is 2.18. The molecule has 0 N–H and O–H groups in total. The zero-order valence-corrected chi connectivity index (χ0v) is 13.6. The fraction of sp³-hybridized carbons (Fsp3) is 0.500. The molecule has 0 spiro atoms. The summed E-state index contributed by atoms with van der Waals surface area (Å²) in [5.41, 5.74) is 2.46. The maximum Gasteiger partial charge on any atom is 0.103 e. The Kier molecular flexibility index (Phi) is 6.73. The molecule has 0 atom stereocenters. The van der Waals surface area contributed by atoms with Crippen molar-refractivity contribution in [3.8, 4) is 0 Å². The average molecular weight is 281 g/mol. The molecule has 0 saturated heterocycles. The molecular formula is C16H25ClSi. The summed E-state index contributed by atoms with van der Waals surface area (Å²) in [6.07, 6.45) is 8.99. The molecule has 1 aromatic rings. The van der Waals surface area contributed by atoms with E-state index in [4.69, 9.17) is 11.6 Å². The maximum absolute atomic E-state index is 5.93. The van der Waals surface area contributed by atoms with Crippen molar-refractivity contribution < 1.29 is 0 Å². The summed E-state index contributed by atoms with van der Waals surface area (Å²) in [5.74, 6) is 0. The van der Waals surface area contributed by atoms with Gasteiger partial charge in [0, 0.05) is 5.02 Å². The monoisotopic (exact) mass is 280 g/mol. The van der Waals surface area contributed by atoms with Crippen molar-refractivity contribution in [2.24, 2.45) is 0 Å². The molecule has 0 unspecified atom stereocenters. The highest BCUT2D eigenvalue weighted by atomic mass is 35.5. The Morgan fingerprint density at radius 3 is 2.33 bits per heavy atom. The van der Waals surface area contributed by atoms with Crippen molar-refractivity contribution in [3.05, 3.63) is 41.1 Å². The lowest BCUT2D eigenvalue weighted by Crippen LogP contribution is -2.39. The van der Waals surface area contributed by atoms with Crippen molar-refractivity contribution in [2.45, 2.75) is 52.1 Å². The van der Waals surface area contributed by atoms with Gasteiger partial charge in [-0.15, -0.1) is 0 Å². The van der Waals surface area contributed by atoms with Crippen LogP contribution < -0.4 is 5.19 Å². The molecule has 1 aromatic carbocycles. The van der Waals surface area contributed by atoms with Gasteiger partial charge in [-0.2, -0.15) is 0 Å². The smallest absolute Gasteiger partial charge is 0.0943 e. The minimum atomic E-state index is -1.41. The van der Waals surface area contributed by atoms with Gasteiger partial charge in [0.2, 0.25) is 0 Å². The van der Waals surface area contributed by atoms with Crippen molar-refractivity contribution >= 4 is 24.9 Å². The van der Waals surface area contributed by atoms with E-state index in [0.29, 0.717) is 0 Å². The van der Waals surface area contributed by atoms with Gasteiger partial charge in [-0.1, -0.05) is 80.0 Å². The van der Waals surface area contributed by atoms with Crippen LogP contribution in [0.15, 0.2) is 36.0 Å². The van der Waals surface area contributed by atoms with E-state index >= 15 is 0 Å². The Morgan fingerprint density at radius 1 is 1.06 bits per heavy atom. The lowest BCUT2D eigenvalue weighted by atomic mass is 10.2. The predicted octanol–water partition coefficient (Wildman–Crippen LogP) is 5.32. The maximum atomic E-state index is 5.93. The van der Waals surface area contributed by atoms with Crippen LogP contribution in [0.25, 0.3) is 0 Å². The number of hydrogen-bond acceptors (Lipinski definition) is 0. The van der Waals surface area contributed by atoms with E-state index in [9.17, 15) is 0 Å². The highest BCUT2D eigenvalue weighted by molar-refractivity contribution is 6.93. The van der Waals surface area contributed by atoms with Gasteiger partial charge in [0.15, 0.2) is 0 Å². The van der Waals surface area contributed by atoms with E-state index in [1.54, 1.807) is 0 Å². The van der Waals surface area contributed by atoms with E-state index in [1.807, 2.05) is 12.1 Å². The molecule has 0 heterocycles. The third-order valence-corrected chi connectivity index (χ3v) is 6.49. The first-order chi connectivity index (χ1) is 8.56. The number of unbranched alkanes of at least 4 members (excludes halogenated alkanes) is 4. The summed E-state index contributed by atoms with van der Waals surface area (Å²) < 4.78 is 0. The second-order valence-corrected chi connectivity index (χ2v) is 10.3. The first-order valence-electron chi connectivity index (χ1n) is 7.00. The first kappa shape index (κ1) is 15.5. The fourth-order valence-electron chi connectivity index (χ4n) is 2.04. The molecule has 0 radical (unpaired) electrons. The van der Waals surface area contributed by atoms with Crippen LogP contribution >= 0.6 is 11.6 Å². The van der Waals surface area contributed by atoms with E-state index in [0.717, 1.165) is 5.02 Å². The Labute approximate surface area is 118 Å². The zero-order chi connectivity index (χ0) is 13.4. The van der Waals surface area contributed by atoms with Gasteiger partial charge in [0.25, 0.3) is 0 Å². The summed E-state index contributed by atoms with van der Waals surface area (Å²) in [6.45, 7) is 7.03. The molecule has 100 valence electrons. The molecular weight excluding hydrogens is 256 g/mol. The summed E-state index contributed by atoms with van der Waals surface area (Å²) >= 11 is 5.93. The molecule has 0 amide bonds. The van der Waals surface area contributed by atoms with Gasteiger partial charge in [0.1, 0.15) is 8.07 Å². The van der Waals surface area contributed by atoms with Crippen molar-refractivity contribution in [2.75, 3.05) is 0 Å². The van der Waals surface area contributed by atoms with Crippen LogP contribution in [0.3, 0.4) is 0 Å². The Balaban J connectivity index is 2.48. The van der Waals surface area contributed by atoms with Gasteiger partial charge in [-0.05, 0) is 25.0 Å². The molecule has 0 nitrogen and oxygen atoms in total. The topological polar surface area (TPSA) is 0 Å². The first-order valence-corrected chi connectivity index (χ1v) is 10.5. The summed E-state index contributed by atoms with van der Waals surface area (Å²) in [6, 6.07) is 8.35.